The number of carboxylic acid groups (broad SMARTS) is 1. The van der Waals surface area contributed by atoms with Crippen LogP contribution in [0.4, 0.5) is 4.39 Å². The second-order valence-corrected chi connectivity index (χ2v) is 4.44. The molecule has 6 heteroatoms. The number of ether oxygens (including phenoxy) is 1. The van der Waals surface area contributed by atoms with Gasteiger partial charge in [-0.05, 0) is 30.3 Å². The quantitative estimate of drug-likeness (QED) is 0.776. The van der Waals surface area contributed by atoms with Crippen molar-refractivity contribution in [2.45, 2.75) is 0 Å². The van der Waals surface area contributed by atoms with Gasteiger partial charge in [0.15, 0.2) is 11.6 Å². The number of carbonyl (C=O) groups is 1. The summed E-state index contributed by atoms with van der Waals surface area (Å²) in [4.78, 5) is 18.4. The Hall–Kier alpha value is -2.89. The highest BCUT2D eigenvalue weighted by Gasteiger charge is 2.14. The highest BCUT2D eigenvalue weighted by atomic mass is 19.1. The molecule has 1 heterocycles. The van der Waals surface area contributed by atoms with E-state index in [0.717, 1.165) is 0 Å². The van der Waals surface area contributed by atoms with E-state index in [4.69, 9.17) is 9.84 Å². The maximum atomic E-state index is 13.7. The molecule has 1 aromatic heterocycles. The third kappa shape index (κ3) is 2.20. The fraction of sp³-hybridized carbons (Fsp3) is 0.0667. The van der Waals surface area contributed by atoms with E-state index in [1.54, 1.807) is 18.2 Å². The minimum Gasteiger partial charge on any atom is -0.494 e. The highest BCUT2D eigenvalue weighted by molar-refractivity contribution is 6.01. The average Bonchev–Trinajstić information content (AvgIpc) is 2.90. The largest absolute Gasteiger partial charge is 0.494 e. The predicted octanol–water partition coefficient (Wildman–Crippen LogP) is 3.08. The number of benzene rings is 2. The Morgan fingerprint density at radius 1 is 1.33 bits per heavy atom. The molecule has 0 unspecified atom stereocenters. The van der Waals surface area contributed by atoms with Crippen molar-refractivity contribution in [3.63, 3.8) is 0 Å². The Kier molecular flexibility index (Phi) is 3.06. The van der Waals surface area contributed by atoms with Crippen molar-refractivity contribution in [1.82, 2.24) is 9.97 Å². The molecule has 0 amide bonds. The second kappa shape index (κ2) is 4.90. The van der Waals surface area contributed by atoms with Crippen LogP contribution in [0.3, 0.4) is 0 Å². The fourth-order valence-corrected chi connectivity index (χ4v) is 2.16. The van der Waals surface area contributed by atoms with Crippen molar-refractivity contribution in [2.75, 3.05) is 7.11 Å². The summed E-state index contributed by atoms with van der Waals surface area (Å²) in [5.74, 6) is -1.02. The van der Waals surface area contributed by atoms with Crippen LogP contribution in [-0.4, -0.2) is 28.2 Å². The summed E-state index contributed by atoms with van der Waals surface area (Å²) >= 11 is 0. The summed E-state index contributed by atoms with van der Waals surface area (Å²) in [5.41, 5.74) is 1.54. The summed E-state index contributed by atoms with van der Waals surface area (Å²) in [7, 11) is 1.39. The Morgan fingerprint density at radius 2 is 2.14 bits per heavy atom. The molecular weight excluding hydrogens is 275 g/mol. The molecule has 0 saturated heterocycles. The first-order valence-electron chi connectivity index (χ1n) is 6.16. The normalized spacial score (nSPS) is 10.8. The number of aromatic carboxylic acids is 1. The standard InChI is InChI=1S/C15H11FN2O3/c1-21-12-6-5-8(7-10(12)16)14-17-11-4-2-3-9(15(19)20)13(11)18-14/h2-7H,1H3,(H,17,18)(H,19,20). The molecule has 0 radical (unpaired) electrons. The number of nitrogens with one attached hydrogen (secondary N) is 1. The first-order chi connectivity index (χ1) is 10.1. The number of hydrogen-bond donors (Lipinski definition) is 2. The number of imidazole rings is 1. The molecule has 0 atom stereocenters. The molecule has 2 N–H and O–H groups in total. The Labute approximate surface area is 119 Å². The van der Waals surface area contributed by atoms with E-state index >= 15 is 0 Å². The van der Waals surface area contributed by atoms with E-state index in [9.17, 15) is 9.18 Å². The third-order valence-electron chi connectivity index (χ3n) is 3.17. The summed E-state index contributed by atoms with van der Waals surface area (Å²) < 4.78 is 18.6. The molecule has 21 heavy (non-hydrogen) atoms. The minimum atomic E-state index is -1.06. The van der Waals surface area contributed by atoms with Gasteiger partial charge in [0.25, 0.3) is 0 Å². The highest BCUT2D eigenvalue weighted by Crippen LogP contribution is 2.26. The number of methoxy groups -OCH3 is 1. The first-order valence-corrected chi connectivity index (χ1v) is 6.16. The topological polar surface area (TPSA) is 75.2 Å². The fourth-order valence-electron chi connectivity index (χ4n) is 2.16. The summed E-state index contributed by atoms with van der Waals surface area (Å²) in [6.07, 6.45) is 0. The van der Waals surface area contributed by atoms with Gasteiger partial charge >= 0.3 is 5.97 Å². The van der Waals surface area contributed by atoms with Gasteiger partial charge in [-0.2, -0.15) is 0 Å². The molecule has 0 saturated carbocycles. The predicted molar refractivity (Wildman–Crippen MR) is 75.0 cm³/mol. The van der Waals surface area contributed by atoms with Gasteiger partial charge in [0.1, 0.15) is 11.3 Å². The van der Waals surface area contributed by atoms with Crippen molar-refractivity contribution >= 4 is 17.0 Å². The molecule has 0 aliphatic carbocycles. The van der Waals surface area contributed by atoms with Crippen LogP contribution >= 0.6 is 0 Å². The molecule has 0 aliphatic heterocycles. The average molecular weight is 286 g/mol. The van der Waals surface area contributed by atoms with Crippen molar-refractivity contribution in [3.8, 4) is 17.1 Å². The lowest BCUT2D eigenvalue weighted by Gasteiger charge is -2.02. The molecule has 2 aromatic carbocycles. The monoisotopic (exact) mass is 286 g/mol. The second-order valence-electron chi connectivity index (χ2n) is 4.44. The Bertz CT molecular complexity index is 842. The number of H-pyrrole nitrogens is 1. The number of fused-ring (bicyclic) bond motifs is 1. The SMILES string of the molecule is COc1ccc(-c2nc3c(C(=O)O)cccc3[nH]2)cc1F. The van der Waals surface area contributed by atoms with Crippen molar-refractivity contribution in [3.05, 3.63) is 47.8 Å². The van der Waals surface area contributed by atoms with E-state index in [2.05, 4.69) is 9.97 Å². The minimum absolute atomic E-state index is 0.101. The number of carboxylic acids is 1. The van der Waals surface area contributed by atoms with Gasteiger partial charge in [0.2, 0.25) is 0 Å². The zero-order valence-corrected chi connectivity index (χ0v) is 11.1. The van der Waals surface area contributed by atoms with Crippen LogP contribution in [0.25, 0.3) is 22.4 Å². The van der Waals surface area contributed by atoms with Crippen molar-refractivity contribution < 1.29 is 19.0 Å². The van der Waals surface area contributed by atoms with E-state index in [0.29, 0.717) is 22.4 Å². The molecule has 0 fully saturated rings. The molecule has 3 aromatic rings. The number of aromatic nitrogens is 2. The van der Waals surface area contributed by atoms with Gasteiger partial charge in [-0.1, -0.05) is 6.07 Å². The van der Waals surface area contributed by atoms with Crippen molar-refractivity contribution in [1.29, 1.82) is 0 Å². The van der Waals surface area contributed by atoms with Crippen LogP contribution in [0.5, 0.6) is 5.75 Å². The van der Waals surface area contributed by atoms with E-state index < -0.39 is 11.8 Å². The Morgan fingerprint density at radius 3 is 2.81 bits per heavy atom. The van der Waals surface area contributed by atoms with Crippen LogP contribution in [0.2, 0.25) is 0 Å². The van der Waals surface area contributed by atoms with Crippen LogP contribution in [0.1, 0.15) is 10.4 Å². The van der Waals surface area contributed by atoms with E-state index in [-0.39, 0.29) is 11.3 Å². The van der Waals surface area contributed by atoms with Gasteiger partial charge in [-0.3, -0.25) is 0 Å². The number of halogens is 1. The molecule has 106 valence electrons. The zero-order chi connectivity index (χ0) is 15.0. The van der Waals surface area contributed by atoms with Gasteiger partial charge in [-0.25, -0.2) is 14.2 Å². The van der Waals surface area contributed by atoms with Crippen molar-refractivity contribution in [2.24, 2.45) is 0 Å². The first kappa shape index (κ1) is 13.1. The molecule has 0 bridgehead atoms. The van der Waals surface area contributed by atoms with E-state index in [1.807, 2.05) is 0 Å². The molecule has 5 nitrogen and oxygen atoms in total. The number of para-hydroxylation sites is 1. The lowest BCUT2D eigenvalue weighted by atomic mass is 10.2. The smallest absolute Gasteiger partial charge is 0.337 e. The molecule has 0 spiro atoms. The maximum Gasteiger partial charge on any atom is 0.337 e. The number of hydrogen-bond acceptors (Lipinski definition) is 3. The number of aromatic amines is 1. The van der Waals surface area contributed by atoms with Gasteiger partial charge < -0.3 is 14.8 Å². The maximum absolute atomic E-state index is 13.7. The molecule has 3 rings (SSSR count). The van der Waals surface area contributed by atoms with Crippen LogP contribution < -0.4 is 4.74 Å². The van der Waals surface area contributed by atoms with Gasteiger partial charge in [-0.15, -0.1) is 0 Å². The van der Waals surface area contributed by atoms with Gasteiger partial charge in [0.05, 0.1) is 18.2 Å². The molecular formula is C15H11FN2O3. The summed E-state index contributed by atoms with van der Waals surface area (Å²) in [6, 6.07) is 9.26. The van der Waals surface area contributed by atoms with Crippen LogP contribution in [-0.2, 0) is 0 Å². The summed E-state index contributed by atoms with van der Waals surface area (Å²) in [5, 5.41) is 9.14. The number of rotatable bonds is 3. The Balaban J connectivity index is 2.15. The van der Waals surface area contributed by atoms with Crippen LogP contribution in [0, 0.1) is 5.82 Å². The molecule has 0 aliphatic rings. The lowest BCUT2D eigenvalue weighted by molar-refractivity contribution is 0.0699. The third-order valence-corrected chi connectivity index (χ3v) is 3.17. The number of nitrogens with zero attached hydrogens (tertiary/aromatic N) is 1. The van der Waals surface area contributed by atoms with Crippen LogP contribution in [0.15, 0.2) is 36.4 Å². The summed E-state index contributed by atoms with van der Waals surface area (Å²) in [6.45, 7) is 0. The van der Waals surface area contributed by atoms with E-state index in [1.165, 1.54) is 25.3 Å². The lowest BCUT2D eigenvalue weighted by Crippen LogP contribution is -1.96. The zero-order valence-electron chi connectivity index (χ0n) is 11.1. The van der Waals surface area contributed by atoms with Gasteiger partial charge in [0, 0.05) is 5.56 Å².